The molecule has 7 nitrogen and oxygen atoms in total. The van der Waals surface area contributed by atoms with Gasteiger partial charge in [-0.15, -0.1) is 11.3 Å². The molecule has 0 unspecified atom stereocenters. The molecule has 1 fully saturated rings. The standard InChI is InChI=1S/C20H18BrN5O2S/c21-14-8-15(29-11-14)2-4-18(27)26-6-5-25(19(28)10-26)9-13-1-3-16-17(7-13)23-12-24-20(16)22/h1-4,7-8,11-12H,5-6,9-10H2,(H2,22,23,24). The number of thiophene rings is 1. The van der Waals surface area contributed by atoms with Gasteiger partial charge in [0.05, 0.1) is 5.52 Å². The molecule has 0 radical (unpaired) electrons. The molecule has 9 heteroatoms. The van der Waals surface area contributed by atoms with E-state index in [1.165, 1.54) is 12.4 Å². The van der Waals surface area contributed by atoms with E-state index in [-0.39, 0.29) is 18.4 Å². The van der Waals surface area contributed by atoms with E-state index >= 15 is 0 Å². The molecule has 0 spiro atoms. The van der Waals surface area contributed by atoms with Crippen molar-refractivity contribution in [1.29, 1.82) is 0 Å². The molecule has 29 heavy (non-hydrogen) atoms. The number of carbonyl (C=O) groups excluding carboxylic acids is 2. The van der Waals surface area contributed by atoms with Gasteiger partial charge in [0.15, 0.2) is 0 Å². The molecule has 3 aromatic rings. The highest BCUT2D eigenvalue weighted by Gasteiger charge is 2.26. The lowest BCUT2D eigenvalue weighted by Gasteiger charge is -2.34. The number of rotatable bonds is 4. The molecule has 0 aliphatic carbocycles. The van der Waals surface area contributed by atoms with Crippen molar-refractivity contribution in [3.05, 3.63) is 57.0 Å². The second-order valence-corrected chi connectivity index (χ2v) is 8.54. The summed E-state index contributed by atoms with van der Waals surface area (Å²) in [6.07, 6.45) is 4.73. The number of hydrogen-bond donors (Lipinski definition) is 1. The lowest BCUT2D eigenvalue weighted by molar-refractivity contribution is -0.143. The van der Waals surface area contributed by atoms with Gasteiger partial charge in [0.1, 0.15) is 18.7 Å². The number of aromatic nitrogens is 2. The monoisotopic (exact) mass is 471 g/mol. The Labute approximate surface area is 180 Å². The summed E-state index contributed by atoms with van der Waals surface area (Å²) in [6, 6.07) is 7.66. The molecule has 1 aliphatic rings. The minimum Gasteiger partial charge on any atom is -0.383 e. The summed E-state index contributed by atoms with van der Waals surface area (Å²) in [5.41, 5.74) is 7.58. The normalized spacial score (nSPS) is 14.9. The molecule has 0 bridgehead atoms. The lowest BCUT2D eigenvalue weighted by Crippen LogP contribution is -2.51. The maximum atomic E-state index is 12.6. The quantitative estimate of drug-likeness (QED) is 0.590. The highest BCUT2D eigenvalue weighted by molar-refractivity contribution is 9.10. The van der Waals surface area contributed by atoms with Crippen LogP contribution in [0.15, 0.2) is 46.5 Å². The van der Waals surface area contributed by atoms with E-state index < -0.39 is 0 Å². The largest absolute Gasteiger partial charge is 0.383 e. The first-order valence-corrected chi connectivity index (χ1v) is 10.6. The van der Waals surface area contributed by atoms with E-state index in [0.717, 1.165) is 25.8 Å². The molecule has 2 amide bonds. The van der Waals surface area contributed by atoms with Crippen molar-refractivity contribution < 1.29 is 9.59 Å². The maximum absolute atomic E-state index is 12.6. The van der Waals surface area contributed by atoms with Gasteiger partial charge >= 0.3 is 0 Å². The van der Waals surface area contributed by atoms with E-state index in [9.17, 15) is 9.59 Å². The third-order valence-electron chi connectivity index (χ3n) is 4.71. The molecule has 148 valence electrons. The fourth-order valence-corrected chi connectivity index (χ4v) is 4.52. The number of nitrogens with zero attached hydrogens (tertiary/aromatic N) is 4. The van der Waals surface area contributed by atoms with Crippen LogP contribution in [-0.4, -0.2) is 51.2 Å². The van der Waals surface area contributed by atoms with Crippen molar-refractivity contribution in [2.45, 2.75) is 6.54 Å². The Morgan fingerprint density at radius 2 is 2.14 bits per heavy atom. The van der Waals surface area contributed by atoms with Crippen LogP contribution in [0.5, 0.6) is 0 Å². The number of nitrogen functional groups attached to an aromatic ring is 1. The third-order valence-corrected chi connectivity index (χ3v) is 6.37. The van der Waals surface area contributed by atoms with Gasteiger partial charge in [-0.2, -0.15) is 0 Å². The first kappa shape index (κ1) is 19.5. The zero-order valence-electron chi connectivity index (χ0n) is 15.4. The lowest BCUT2D eigenvalue weighted by atomic mass is 10.1. The molecular weight excluding hydrogens is 454 g/mol. The van der Waals surface area contributed by atoms with Crippen LogP contribution < -0.4 is 5.73 Å². The Morgan fingerprint density at radius 3 is 2.90 bits per heavy atom. The van der Waals surface area contributed by atoms with Crippen LogP contribution in [-0.2, 0) is 16.1 Å². The zero-order chi connectivity index (χ0) is 20.4. The Balaban J connectivity index is 1.38. The van der Waals surface area contributed by atoms with Crippen molar-refractivity contribution >= 4 is 61.9 Å². The van der Waals surface area contributed by atoms with Crippen LogP contribution in [0.4, 0.5) is 5.82 Å². The zero-order valence-corrected chi connectivity index (χ0v) is 17.8. The second kappa shape index (κ2) is 8.30. The summed E-state index contributed by atoms with van der Waals surface area (Å²) in [6.45, 7) is 1.55. The maximum Gasteiger partial charge on any atom is 0.247 e. The summed E-state index contributed by atoms with van der Waals surface area (Å²) in [5, 5.41) is 2.75. The molecule has 1 aromatic carbocycles. The first-order valence-electron chi connectivity index (χ1n) is 8.97. The van der Waals surface area contributed by atoms with E-state index in [0.29, 0.717) is 25.5 Å². The summed E-state index contributed by atoms with van der Waals surface area (Å²) < 4.78 is 0.987. The minimum atomic E-state index is -0.152. The fraction of sp³-hybridized carbons (Fsp3) is 0.200. The van der Waals surface area contributed by atoms with Crippen molar-refractivity contribution in [1.82, 2.24) is 19.8 Å². The molecule has 3 heterocycles. The van der Waals surface area contributed by atoms with Crippen molar-refractivity contribution in [3.8, 4) is 0 Å². The van der Waals surface area contributed by atoms with Gasteiger partial charge in [0.25, 0.3) is 0 Å². The summed E-state index contributed by atoms with van der Waals surface area (Å²) in [4.78, 5) is 37.5. The van der Waals surface area contributed by atoms with Crippen molar-refractivity contribution in [3.63, 3.8) is 0 Å². The summed E-state index contributed by atoms with van der Waals surface area (Å²) >= 11 is 4.94. The van der Waals surface area contributed by atoms with Gasteiger partial charge in [-0.05, 0) is 45.8 Å². The minimum absolute atomic E-state index is 0.0702. The van der Waals surface area contributed by atoms with Crippen molar-refractivity contribution in [2.24, 2.45) is 0 Å². The number of anilines is 1. The predicted octanol–water partition coefficient (Wildman–Crippen LogP) is 2.92. The van der Waals surface area contributed by atoms with Gasteiger partial charge < -0.3 is 15.5 Å². The van der Waals surface area contributed by atoms with Gasteiger partial charge in [-0.25, -0.2) is 9.97 Å². The third kappa shape index (κ3) is 4.46. The topological polar surface area (TPSA) is 92.4 Å². The molecule has 2 N–H and O–H groups in total. The average Bonchev–Trinajstić information content (AvgIpc) is 3.13. The number of carbonyl (C=O) groups is 2. The van der Waals surface area contributed by atoms with E-state index in [2.05, 4.69) is 25.9 Å². The Morgan fingerprint density at radius 1 is 1.28 bits per heavy atom. The summed E-state index contributed by atoms with van der Waals surface area (Å²) in [7, 11) is 0. The SMILES string of the molecule is Nc1ncnc2cc(CN3CCN(C(=O)C=Cc4cc(Br)cs4)CC3=O)ccc12. The number of halogens is 1. The van der Waals surface area contributed by atoms with Gasteiger partial charge in [0, 0.05) is 45.8 Å². The Kier molecular flexibility index (Phi) is 5.59. The molecule has 4 rings (SSSR count). The number of amides is 2. The van der Waals surface area contributed by atoms with Gasteiger partial charge in [-0.3, -0.25) is 9.59 Å². The predicted molar refractivity (Wildman–Crippen MR) is 117 cm³/mol. The van der Waals surface area contributed by atoms with E-state index in [4.69, 9.17) is 5.73 Å². The van der Waals surface area contributed by atoms with Gasteiger partial charge in [0.2, 0.25) is 11.8 Å². The highest BCUT2D eigenvalue weighted by atomic mass is 79.9. The number of fused-ring (bicyclic) bond motifs is 1. The molecule has 1 saturated heterocycles. The smallest absolute Gasteiger partial charge is 0.247 e. The van der Waals surface area contributed by atoms with Gasteiger partial charge in [-0.1, -0.05) is 6.07 Å². The number of benzene rings is 1. The van der Waals surface area contributed by atoms with Crippen LogP contribution in [0, 0.1) is 0 Å². The number of piperazine rings is 1. The van der Waals surface area contributed by atoms with E-state index in [1.54, 1.807) is 27.2 Å². The Bertz CT molecular complexity index is 1110. The fourth-order valence-electron chi connectivity index (χ4n) is 3.18. The molecule has 0 atom stereocenters. The van der Waals surface area contributed by atoms with Crippen LogP contribution in [0.2, 0.25) is 0 Å². The Hall–Kier alpha value is -2.78. The van der Waals surface area contributed by atoms with Crippen LogP contribution in [0.25, 0.3) is 17.0 Å². The van der Waals surface area contributed by atoms with Crippen LogP contribution >= 0.6 is 27.3 Å². The molecule has 0 saturated carbocycles. The number of hydrogen-bond acceptors (Lipinski definition) is 6. The second-order valence-electron chi connectivity index (χ2n) is 6.69. The summed E-state index contributed by atoms with van der Waals surface area (Å²) in [5.74, 6) is 0.215. The van der Waals surface area contributed by atoms with Crippen molar-refractivity contribution in [2.75, 3.05) is 25.4 Å². The van der Waals surface area contributed by atoms with E-state index in [1.807, 2.05) is 29.6 Å². The first-order chi connectivity index (χ1) is 14.0. The highest BCUT2D eigenvalue weighted by Crippen LogP contribution is 2.21. The molecule has 1 aliphatic heterocycles. The number of nitrogens with two attached hydrogens (primary N) is 1. The van der Waals surface area contributed by atoms with Crippen LogP contribution in [0.1, 0.15) is 10.4 Å². The molecule has 2 aromatic heterocycles. The van der Waals surface area contributed by atoms with Crippen LogP contribution in [0.3, 0.4) is 0 Å². The average molecular weight is 472 g/mol. The molecular formula is C20H18BrN5O2S.